The number of benzene rings is 1. The van der Waals surface area contributed by atoms with Gasteiger partial charge in [0.15, 0.2) is 0 Å². The molecular weight excluding hydrogens is 362 g/mol. The van der Waals surface area contributed by atoms with E-state index in [0.29, 0.717) is 42.4 Å². The van der Waals surface area contributed by atoms with Crippen molar-refractivity contribution in [3.63, 3.8) is 0 Å². The molecule has 0 aromatic heterocycles. The molecule has 1 heterocycles. The first-order valence-corrected chi connectivity index (χ1v) is 10.5. The fourth-order valence-corrected chi connectivity index (χ4v) is 3.30. The van der Waals surface area contributed by atoms with Crippen LogP contribution in [0.15, 0.2) is 18.2 Å². The Morgan fingerprint density at radius 2 is 1.96 bits per heavy atom. The molecule has 27 heavy (non-hydrogen) atoms. The summed E-state index contributed by atoms with van der Waals surface area (Å²) in [5.74, 6) is 1.40. The van der Waals surface area contributed by atoms with Gasteiger partial charge in [-0.3, -0.25) is 9.59 Å². The van der Waals surface area contributed by atoms with E-state index in [4.69, 9.17) is 11.6 Å². The summed E-state index contributed by atoms with van der Waals surface area (Å²) in [5.41, 5.74) is 2.22. The van der Waals surface area contributed by atoms with Gasteiger partial charge in [-0.1, -0.05) is 20.8 Å². The number of nitrogens with one attached hydrogen (secondary N) is 2. The Kier molecular flexibility index (Phi) is 8.42. The summed E-state index contributed by atoms with van der Waals surface area (Å²) >= 11 is 5.65. The average Bonchev–Trinajstić information content (AvgIpc) is 2.65. The number of hydrogen-bond acceptors (Lipinski definition) is 3. The Hall–Kier alpha value is -1.75. The zero-order chi connectivity index (χ0) is 19.8. The van der Waals surface area contributed by atoms with Gasteiger partial charge >= 0.3 is 0 Å². The van der Waals surface area contributed by atoms with Crippen LogP contribution < -0.4 is 15.5 Å². The van der Waals surface area contributed by atoms with Gasteiger partial charge in [0.1, 0.15) is 0 Å². The first-order valence-electron chi connectivity index (χ1n) is 9.93. The van der Waals surface area contributed by atoms with Crippen LogP contribution in [0.1, 0.15) is 56.8 Å². The normalized spacial score (nSPS) is 15.1. The standard InChI is InChI=1S/C21H32ClN3O2/c1-15(2)14-23-21(27)18-13-17(24-20(26)5-4-10-22)6-7-19(18)25-11-8-16(3)9-12-25/h6-7,13,15-16H,4-5,8-12,14H2,1-3H3,(H,23,27)(H,24,26). The van der Waals surface area contributed by atoms with Crippen molar-refractivity contribution in [1.29, 1.82) is 0 Å². The van der Waals surface area contributed by atoms with Crippen molar-refractivity contribution >= 4 is 34.8 Å². The molecule has 1 aliphatic heterocycles. The minimum atomic E-state index is -0.0887. The molecule has 0 saturated carbocycles. The minimum Gasteiger partial charge on any atom is -0.371 e. The lowest BCUT2D eigenvalue weighted by atomic mass is 9.97. The Morgan fingerprint density at radius 1 is 1.26 bits per heavy atom. The number of hydrogen-bond donors (Lipinski definition) is 2. The fourth-order valence-electron chi connectivity index (χ4n) is 3.16. The van der Waals surface area contributed by atoms with E-state index in [1.807, 2.05) is 12.1 Å². The van der Waals surface area contributed by atoms with Crippen LogP contribution in [0.5, 0.6) is 0 Å². The van der Waals surface area contributed by atoms with Crippen molar-refractivity contribution in [3.05, 3.63) is 23.8 Å². The molecule has 0 bridgehead atoms. The van der Waals surface area contributed by atoms with Gasteiger partial charge in [0.25, 0.3) is 5.91 Å². The van der Waals surface area contributed by atoms with Gasteiger partial charge in [-0.15, -0.1) is 11.6 Å². The summed E-state index contributed by atoms with van der Waals surface area (Å²) in [5, 5.41) is 5.88. The molecule has 5 nitrogen and oxygen atoms in total. The predicted molar refractivity (Wildman–Crippen MR) is 113 cm³/mol. The molecule has 1 aromatic carbocycles. The monoisotopic (exact) mass is 393 g/mol. The number of anilines is 2. The summed E-state index contributed by atoms with van der Waals surface area (Å²) in [6, 6.07) is 5.63. The first kappa shape index (κ1) is 21.5. The van der Waals surface area contributed by atoms with Gasteiger partial charge in [-0.05, 0) is 49.3 Å². The molecule has 1 aromatic rings. The van der Waals surface area contributed by atoms with Crippen LogP contribution in [0.25, 0.3) is 0 Å². The Bertz CT molecular complexity index is 640. The fraction of sp³-hybridized carbons (Fsp3) is 0.619. The van der Waals surface area contributed by atoms with Crippen LogP contribution in [-0.4, -0.2) is 37.3 Å². The van der Waals surface area contributed by atoms with Crippen LogP contribution in [0.4, 0.5) is 11.4 Å². The molecule has 0 spiro atoms. The quantitative estimate of drug-likeness (QED) is 0.648. The second kappa shape index (κ2) is 10.5. The van der Waals surface area contributed by atoms with Gasteiger partial charge in [0.05, 0.1) is 5.56 Å². The second-order valence-corrected chi connectivity index (χ2v) is 8.22. The topological polar surface area (TPSA) is 61.4 Å². The smallest absolute Gasteiger partial charge is 0.253 e. The van der Waals surface area contributed by atoms with E-state index in [9.17, 15) is 9.59 Å². The van der Waals surface area contributed by atoms with Gasteiger partial charge in [0, 0.05) is 43.3 Å². The highest BCUT2D eigenvalue weighted by Gasteiger charge is 2.22. The molecule has 0 atom stereocenters. The number of rotatable bonds is 8. The highest BCUT2D eigenvalue weighted by Crippen LogP contribution is 2.29. The van der Waals surface area contributed by atoms with E-state index in [1.165, 1.54) is 0 Å². The average molecular weight is 394 g/mol. The van der Waals surface area contributed by atoms with E-state index in [0.717, 1.165) is 37.5 Å². The summed E-state index contributed by atoms with van der Waals surface area (Å²) in [6.45, 7) is 8.94. The van der Waals surface area contributed by atoms with Crippen molar-refractivity contribution in [2.75, 3.05) is 35.7 Å². The molecule has 2 N–H and O–H groups in total. The Morgan fingerprint density at radius 3 is 2.59 bits per heavy atom. The van der Waals surface area contributed by atoms with Crippen molar-refractivity contribution in [2.24, 2.45) is 11.8 Å². The predicted octanol–water partition coefficient (Wildman–Crippen LogP) is 4.27. The van der Waals surface area contributed by atoms with Crippen LogP contribution in [0.2, 0.25) is 0 Å². The lowest BCUT2D eigenvalue weighted by molar-refractivity contribution is -0.116. The Labute approximate surface area is 167 Å². The van der Waals surface area contributed by atoms with Crippen LogP contribution >= 0.6 is 11.6 Å². The van der Waals surface area contributed by atoms with Gasteiger partial charge in [-0.25, -0.2) is 0 Å². The van der Waals surface area contributed by atoms with Crippen LogP contribution in [-0.2, 0) is 4.79 Å². The zero-order valence-corrected chi connectivity index (χ0v) is 17.4. The number of carbonyl (C=O) groups excluding carboxylic acids is 2. The molecule has 0 unspecified atom stereocenters. The number of halogens is 1. The summed E-state index contributed by atoms with van der Waals surface area (Å²) < 4.78 is 0. The van der Waals surface area contributed by atoms with E-state index >= 15 is 0 Å². The lowest BCUT2D eigenvalue weighted by Crippen LogP contribution is -2.35. The van der Waals surface area contributed by atoms with E-state index in [2.05, 4.69) is 36.3 Å². The number of amides is 2. The van der Waals surface area contributed by atoms with Crippen LogP contribution in [0.3, 0.4) is 0 Å². The number of nitrogens with zero attached hydrogens (tertiary/aromatic N) is 1. The molecule has 0 aliphatic carbocycles. The third-order valence-corrected chi connectivity index (χ3v) is 5.12. The molecule has 2 rings (SSSR count). The molecular formula is C21H32ClN3O2. The number of carbonyl (C=O) groups is 2. The highest BCUT2D eigenvalue weighted by atomic mass is 35.5. The molecule has 150 valence electrons. The van der Waals surface area contributed by atoms with Crippen molar-refractivity contribution in [2.45, 2.75) is 46.5 Å². The zero-order valence-electron chi connectivity index (χ0n) is 16.7. The van der Waals surface area contributed by atoms with Gasteiger partial charge in [0.2, 0.25) is 5.91 Å². The first-order chi connectivity index (χ1) is 12.9. The molecule has 1 fully saturated rings. The largest absolute Gasteiger partial charge is 0.371 e. The van der Waals surface area contributed by atoms with Crippen molar-refractivity contribution < 1.29 is 9.59 Å². The van der Waals surface area contributed by atoms with E-state index in [-0.39, 0.29) is 11.8 Å². The minimum absolute atomic E-state index is 0.0799. The summed E-state index contributed by atoms with van der Waals surface area (Å²) in [6.07, 6.45) is 3.28. The maximum atomic E-state index is 12.8. The molecule has 1 saturated heterocycles. The maximum absolute atomic E-state index is 12.8. The SMILES string of the molecule is CC(C)CNC(=O)c1cc(NC(=O)CCCCl)ccc1N1CCC(C)CC1. The van der Waals surface area contributed by atoms with Crippen LogP contribution in [0, 0.1) is 11.8 Å². The lowest BCUT2D eigenvalue weighted by Gasteiger charge is -2.33. The number of alkyl halides is 1. The third-order valence-electron chi connectivity index (χ3n) is 4.86. The number of piperidine rings is 1. The van der Waals surface area contributed by atoms with Gasteiger partial charge in [-0.2, -0.15) is 0 Å². The van der Waals surface area contributed by atoms with Gasteiger partial charge < -0.3 is 15.5 Å². The van der Waals surface area contributed by atoms with Crippen molar-refractivity contribution in [3.8, 4) is 0 Å². The summed E-state index contributed by atoms with van der Waals surface area (Å²) in [7, 11) is 0. The highest BCUT2D eigenvalue weighted by molar-refractivity contribution is 6.18. The second-order valence-electron chi connectivity index (χ2n) is 7.85. The maximum Gasteiger partial charge on any atom is 0.253 e. The molecule has 6 heteroatoms. The molecule has 2 amide bonds. The van der Waals surface area contributed by atoms with Crippen molar-refractivity contribution in [1.82, 2.24) is 5.32 Å². The van der Waals surface area contributed by atoms with E-state index in [1.54, 1.807) is 6.07 Å². The molecule has 1 aliphatic rings. The Balaban J connectivity index is 2.21. The van der Waals surface area contributed by atoms with E-state index < -0.39 is 0 Å². The molecule has 0 radical (unpaired) electrons. The third kappa shape index (κ3) is 6.73. The summed E-state index contributed by atoms with van der Waals surface area (Å²) in [4.78, 5) is 27.1.